The molecule has 0 aromatic heterocycles. The first-order chi connectivity index (χ1) is 20.1. The maximum Gasteiger partial charge on any atom is 0.393 e. The molecule has 226 valence electrons. The van der Waals surface area contributed by atoms with Gasteiger partial charge in [0.1, 0.15) is 5.82 Å². The number of carbonyl (C=O) groups is 1. The fourth-order valence-corrected chi connectivity index (χ4v) is 7.69. The van der Waals surface area contributed by atoms with Gasteiger partial charge in [-0.25, -0.2) is 4.39 Å². The zero-order chi connectivity index (χ0) is 29.9. The van der Waals surface area contributed by atoms with E-state index in [4.69, 9.17) is 4.74 Å². The second-order valence-electron chi connectivity index (χ2n) is 12.4. The molecule has 42 heavy (non-hydrogen) atoms. The van der Waals surface area contributed by atoms with E-state index >= 15 is 0 Å². The third-order valence-corrected chi connectivity index (χ3v) is 9.64. The molecule has 9 heteroatoms. The van der Waals surface area contributed by atoms with Crippen LogP contribution in [-0.4, -0.2) is 56.4 Å². The Balaban J connectivity index is 1.21. The summed E-state index contributed by atoms with van der Waals surface area (Å²) in [6, 6.07) is 15.9. The topological polar surface area (TPSA) is 56.6 Å². The Morgan fingerprint density at radius 1 is 1.05 bits per heavy atom. The Bertz CT molecular complexity index is 1260. The summed E-state index contributed by atoms with van der Waals surface area (Å²) in [4.78, 5) is 16.2. The van der Waals surface area contributed by atoms with Crippen LogP contribution in [0.2, 0.25) is 0 Å². The third-order valence-electron chi connectivity index (χ3n) is 9.64. The minimum absolute atomic E-state index is 0.0112. The number of nitrogens with zero attached hydrogens (tertiary/aromatic N) is 3. The summed E-state index contributed by atoms with van der Waals surface area (Å²) >= 11 is 0. The number of alkyl halides is 3. The molecule has 2 saturated heterocycles. The fraction of sp³-hybridized carbons (Fsp3) is 0.576. The molecule has 3 aliphatic rings. The molecular weight excluding hydrogens is 546 g/mol. The highest BCUT2D eigenvalue weighted by Gasteiger charge is 2.52. The monoisotopic (exact) mass is 585 g/mol. The first kappa shape index (κ1) is 30.3. The summed E-state index contributed by atoms with van der Waals surface area (Å²) in [5.74, 6) is -0.0694. The van der Waals surface area contributed by atoms with Gasteiger partial charge in [-0.05, 0) is 91.9 Å². The zero-order valence-electron chi connectivity index (χ0n) is 24.1. The highest BCUT2D eigenvalue weighted by atomic mass is 19.4. The van der Waals surface area contributed by atoms with Crippen molar-refractivity contribution in [2.24, 2.45) is 23.7 Å². The number of anilines is 1. The van der Waals surface area contributed by atoms with Gasteiger partial charge in [0.25, 0.3) is 0 Å². The summed E-state index contributed by atoms with van der Waals surface area (Å²) in [7, 11) is 0. The van der Waals surface area contributed by atoms with E-state index in [1.165, 1.54) is 19.1 Å². The van der Waals surface area contributed by atoms with Gasteiger partial charge in [-0.1, -0.05) is 30.7 Å². The number of ether oxygens (including phenoxy) is 1. The van der Waals surface area contributed by atoms with E-state index < -0.39 is 18.0 Å². The number of carbonyl (C=O) groups excluding carboxylic acids is 1. The van der Waals surface area contributed by atoms with Crippen molar-refractivity contribution in [2.75, 3.05) is 44.2 Å². The van der Waals surface area contributed by atoms with Crippen LogP contribution in [0.5, 0.6) is 0 Å². The van der Waals surface area contributed by atoms with E-state index in [0.29, 0.717) is 12.5 Å². The largest absolute Gasteiger partial charge is 0.466 e. The van der Waals surface area contributed by atoms with Crippen molar-refractivity contribution in [1.82, 2.24) is 4.90 Å². The van der Waals surface area contributed by atoms with Crippen LogP contribution < -0.4 is 4.90 Å². The minimum Gasteiger partial charge on any atom is -0.466 e. The molecule has 3 fully saturated rings. The predicted octanol–water partition coefficient (Wildman–Crippen LogP) is 6.52. The minimum atomic E-state index is -4.20. The van der Waals surface area contributed by atoms with Crippen LogP contribution in [0.3, 0.4) is 0 Å². The van der Waals surface area contributed by atoms with Gasteiger partial charge < -0.3 is 14.5 Å². The van der Waals surface area contributed by atoms with E-state index in [9.17, 15) is 27.6 Å². The summed E-state index contributed by atoms with van der Waals surface area (Å²) < 4.78 is 57.9. The molecule has 3 atom stereocenters. The molecule has 2 aromatic carbocycles. The van der Waals surface area contributed by atoms with Gasteiger partial charge in [0, 0.05) is 38.2 Å². The summed E-state index contributed by atoms with van der Waals surface area (Å²) in [5.41, 5.74) is 1.11. The van der Waals surface area contributed by atoms with Crippen molar-refractivity contribution in [1.29, 1.82) is 5.26 Å². The molecule has 0 radical (unpaired) electrons. The number of likely N-dealkylation sites (tertiary alicyclic amines) is 1. The maximum atomic E-state index is 14.5. The van der Waals surface area contributed by atoms with Gasteiger partial charge in [0.05, 0.1) is 24.5 Å². The normalized spacial score (nSPS) is 23.7. The van der Waals surface area contributed by atoms with Crippen LogP contribution in [0.15, 0.2) is 48.5 Å². The van der Waals surface area contributed by atoms with Gasteiger partial charge in [-0.3, -0.25) is 4.79 Å². The number of rotatable bonds is 9. The first-order valence-corrected chi connectivity index (χ1v) is 15.0. The van der Waals surface area contributed by atoms with Crippen molar-refractivity contribution < 1.29 is 27.1 Å². The van der Waals surface area contributed by atoms with E-state index in [2.05, 4.69) is 15.9 Å². The highest BCUT2D eigenvalue weighted by molar-refractivity contribution is 5.65. The summed E-state index contributed by atoms with van der Waals surface area (Å²) in [6.07, 6.45) is -0.757. The molecule has 1 aliphatic carbocycles. The lowest BCUT2D eigenvalue weighted by Crippen LogP contribution is -2.54. The molecule has 0 N–H and O–H groups in total. The third kappa shape index (κ3) is 6.75. The molecule has 2 aliphatic heterocycles. The summed E-state index contributed by atoms with van der Waals surface area (Å²) in [6.45, 7) is 6.07. The van der Waals surface area contributed by atoms with Crippen LogP contribution in [0.25, 0.3) is 0 Å². The lowest BCUT2D eigenvalue weighted by molar-refractivity contribution is -0.143. The van der Waals surface area contributed by atoms with Crippen molar-refractivity contribution in [3.63, 3.8) is 0 Å². The average molecular weight is 586 g/mol. The molecule has 2 aromatic rings. The first-order valence-electron chi connectivity index (χ1n) is 15.0. The Labute approximate surface area is 245 Å². The number of esters is 1. The van der Waals surface area contributed by atoms with Gasteiger partial charge in [-0.15, -0.1) is 0 Å². The molecule has 5 rings (SSSR count). The standard InChI is InChI=1S/C33H39F4N3O2/c1-23(41)42-21-26-4-2-7-31(26)32(22-38,28-5-3-6-29(34)16-28)27-12-14-39(15-13-27)18-25-19-40(20-25)30-10-8-24(9-11-30)17-33(35,36)37/h3,5-6,8-11,16,25-27,31H,2,4,7,12-15,17-21H2,1H3/t26-,31+,32?/m1/s1. The lowest BCUT2D eigenvalue weighted by atomic mass is 9.58. The van der Waals surface area contributed by atoms with E-state index in [0.717, 1.165) is 76.1 Å². The Morgan fingerprint density at radius 2 is 1.76 bits per heavy atom. The predicted molar refractivity (Wildman–Crippen MR) is 152 cm³/mol. The van der Waals surface area contributed by atoms with Crippen molar-refractivity contribution in [3.05, 3.63) is 65.5 Å². The second kappa shape index (κ2) is 12.6. The maximum absolute atomic E-state index is 14.5. The van der Waals surface area contributed by atoms with Crippen LogP contribution >= 0.6 is 0 Å². The highest BCUT2D eigenvalue weighted by Crippen LogP contribution is 2.52. The fourth-order valence-electron chi connectivity index (χ4n) is 7.69. The molecule has 2 heterocycles. The summed E-state index contributed by atoms with van der Waals surface area (Å²) in [5, 5.41) is 10.8. The molecule has 0 spiro atoms. The van der Waals surface area contributed by atoms with Gasteiger partial charge in [0.2, 0.25) is 0 Å². The SMILES string of the molecule is CC(=O)OC[C@H]1CCC[C@@H]1C(C#N)(c1cccc(F)c1)C1CCN(CC2CN(c3ccc(CC(F)(F)F)cc3)C2)CC1. The molecule has 0 bridgehead atoms. The van der Waals surface area contributed by atoms with Crippen LogP contribution in [0, 0.1) is 40.8 Å². The number of nitriles is 1. The van der Waals surface area contributed by atoms with Crippen molar-refractivity contribution in [2.45, 2.75) is 57.0 Å². The number of benzene rings is 2. The number of hydrogen-bond acceptors (Lipinski definition) is 5. The van der Waals surface area contributed by atoms with Crippen molar-refractivity contribution >= 4 is 11.7 Å². The smallest absolute Gasteiger partial charge is 0.393 e. The molecule has 1 unspecified atom stereocenters. The quantitative estimate of drug-likeness (QED) is 0.248. The van der Waals surface area contributed by atoms with Crippen LogP contribution in [-0.2, 0) is 21.4 Å². The zero-order valence-corrected chi connectivity index (χ0v) is 24.1. The van der Waals surface area contributed by atoms with Gasteiger partial charge in [0.15, 0.2) is 0 Å². The number of piperidine rings is 1. The lowest BCUT2D eigenvalue weighted by Gasteiger charge is -2.48. The van der Waals surface area contributed by atoms with E-state index in [1.54, 1.807) is 30.3 Å². The number of hydrogen-bond donors (Lipinski definition) is 0. The Hall–Kier alpha value is -3.12. The molecular formula is C33H39F4N3O2. The Kier molecular flexibility index (Phi) is 9.12. The van der Waals surface area contributed by atoms with Crippen molar-refractivity contribution in [3.8, 4) is 6.07 Å². The van der Waals surface area contributed by atoms with E-state index in [-0.39, 0.29) is 35.1 Å². The van der Waals surface area contributed by atoms with Crippen LogP contribution in [0.1, 0.15) is 50.2 Å². The molecule has 0 amide bonds. The van der Waals surface area contributed by atoms with Gasteiger partial charge >= 0.3 is 12.1 Å². The second-order valence-corrected chi connectivity index (χ2v) is 12.4. The number of halogens is 4. The van der Waals surface area contributed by atoms with Crippen LogP contribution in [0.4, 0.5) is 23.2 Å². The molecule has 5 nitrogen and oxygen atoms in total. The van der Waals surface area contributed by atoms with Gasteiger partial charge in [-0.2, -0.15) is 18.4 Å². The molecule has 1 saturated carbocycles. The van der Waals surface area contributed by atoms with E-state index in [1.807, 2.05) is 6.07 Å². The Morgan fingerprint density at radius 3 is 2.38 bits per heavy atom. The average Bonchev–Trinajstić information content (AvgIpc) is 3.40.